The number of nitrogens with two attached hydrogens (primary N) is 1. The second-order valence-electron chi connectivity index (χ2n) is 4.12. The van der Waals surface area contributed by atoms with E-state index in [2.05, 4.69) is 5.32 Å². The Kier molecular flexibility index (Phi) is 5.44. The van der Waals surface area contributed by atoms with Gasteiger partial charge in [0.2, 0.25) is 0 Å². The molecular formula is C13H20N2O4. The summed E-state index contributed by atoms with van der Waals surface area (Å²) in [6.45, 7) is 2.28. The number of benzene rings is 1. The van der Waals surface area contributed by atoms with Gasteiger partial charge in [-0.25, -0.2) is 0 Å². The first-order valence-electron chi connectivity index (χ1n) is 5.84. The SMILES string of the molecule is COCC(C)NC(=O)c1cc(OC)c(OC)cc1N. The van der Waals surface area contributed by atoms with Gasteiger partial charge in [-0.3, -0.25) is 4.79 Å². The second-order valence-corrected chi connectivity index (χ2v) is 4.12. The standard InChI is InChI=1S/C13H20N2O4/c1-8(7-17-2)15-13(16)9-5-11(18-3)12(19-4)6-10(9)14/h5-6,8H,7,14H2,1-4H3,(H,15,16). The fourth-order valence-electron chi connectivity index (χ4n) is 1.68. The van der Waals surface area contributed by atoms with E-state index < -0.39 is 0 Å². The first-order valence-corrected chi connectivity index (χ1v) is 5.84. The fourth-order valence-corrected chi connectivity index (χ4v) is 1.68. The molecule has 1 atom stereocenters. The molecule has 1 aromatic carbocycles. The van der Waals surface area contributed by atoms with Crippen molar-refractivity contribution in [2.45, 2.75) is 13.0 Å². The second kappa shape index (κ2) is 6.84. The number of methoxy groups -OCH3 is 3. The van der Waals surface area contributed by atoms with Crippen LogP contribution in [0, 0.1) is 0 Å². The molecule has 106 valence electrons. The van der Waals surface area contributed by atoms with E-state index in [0.29, 0.717) is 29.4 Å². The molecule has 0 spiro atoms. The summed E-state index contributed by atoms with van der Waals surface area (Å²) in [4.78, 5) is 12.1. The van der Waals surface area contributed by atoms with E-state index in [1.54, 1.807) is 19.2 Å². The number of nitrogen functional groups attached to an aromatic ring is 1. The maximum absolute atomic E-state index is 12.1. The van der Waals surface area contributed by atoms with Crippen LogP contribution in [0.1, 0.15) is 17.3 Å². The van der Waals surface area contributed by atoms with Crippen LogP contribution in [0.15, 0.2) is 12.1 Å². The summed E-state index contributed by atoms with van der Waals surface area (Å²) in [5.74, 6) is 0.672. The van der Waals surface area contributed by atoms with Crippen molar-refractivity contribution in [3.8, 4) is 11.5 Å². The van der Waals surface area contributed by atoms with Crippen LogP contribution in [0.3, 0.4) is 0 Å². The van der Waals surface area contributed by atoms with Gasteiger partial charge in [0.25, 0.3) is 5.91 Å². The van der Waals surface area contributed by atoms with Crippen LogP contribution in [0.5, 0.6) is 11.5 Å². The van der Waals surface area contributed by atoms with Gasteiger partial charge in [0.05, 0.1) is 26.4 Å². The number of ether oxygens (including phenoxy) is 3. The van der Waals surface area contributed by atoms with E-state index >= 15 is 0 Å². The van der Waals surface area contributed by atoms with Crippen molar-refractivity contribution in [2.24, 2.45) is 0 Å². The van der Waals surface area contributed by atoms with Crippen molar-refractivity contribution in [3.05, 3.63) is 17.7 Å². The Labute approximate surface area is 112 Å². The highest BCUT2D eigenvalue weighted by atomic mass is 16.5. The molecule has 3 N–H and O–H groups in total. The van der Waals surface area contributed by atoms with Crippen LogP contribution in [0.2, 0.25) is 0 Å². The smallest absolute Gasteiger partial charge is 0.253 e. The van der Waals surface area contributed by atoms with Crippen LogP contribution >= 0.6 is 0 Å². The zero-order valence-electron chi connectivity index (χ0n) is 11.6. The van der Waals surface area contributed by atoms with Crippen LogP contribution in [-0.2, 0) is 4.74 Å². The third kappa shape index (κ3) is 3.75. The molecule has 1 unspecified atom stereocenters. The van der Waals surface area contributed by atoms with E-state index in [-0.39, 0.29) is 11.9 Å². The van der Waals surface area contributed by atoms with E-state index in [1.807, 2.05) is 6.92 Å². The first kappa shape index (κ1) is 15.1. The molecule has 0 bridgehead atoms. The normalized spacial score (nSPS) is 11.8. The van der Waals surface area contributed by atoms with Gasteiger partial charge in [0, 0.05) is 24.9 Å². The van der Waals surface area contributed by atoms with E-state index in [0.717, 1.165) is 0 Å². The Morgan fingerprint density at radius 1 is 1.26 bits per heavy atom. The van der Waals surface area contributed by atoms with Crippen molar-refractivity contribution in [1.82, 2.24) is 5.32 Å². The molecule has 0 aromatic heterocycles. The molecule has 1 amide bonds. The molecule has 19 heavy (non-hydrogen) atoms. The summed E-state index contributed by atoms with van der Waals surface area (Å²) in [5.41, 5.74) is 6.52. The highest BCUT2D eigenvalue weighted by Crippen LogP contribution is 2.31. The average molecular weight is 268 g/mol. The zero-order chi connectivity index (χ0) is 14.4. The Bertz CT molecular complexity index is 449. The first-order chi connectivity index (χ1) is 9.03. The maximum Gasteiger partial charge on any atom is 0.253 e. The number of amides is 1. The summed E-state index contributed by atoms with van der Waals surface area (Å²) < 4.78 is 15.2. The molecule has 0 aliphatic carbocycles. The van der Waals surface area contributed by atoms with E-state index in [9.17, 15) is 4.79 Å². The number of rotatable bonds is 6. The molecular weight excluding hydrogens is 248 g/mol. The van der Waals surface area contributed by atoms with Crippen LogP contribution < -0.4 is 20.5 Å². The van der Waals surface area contributed by atoms with Gasteiger partial charge < -0.3 is 25.3 Å². The summed E-state index contributed by atoms with van der Waals surface area (Å²) in [6, 6.07) is 3.02. The Morgan fingerprint density at radius 3 is 2.37 bits per heavy atom. The molecule has 0 heterocycles. The summed E-state index contributed by atoms with van der Waals surface area (Å²) in [6.07, 6.45) is 0. The predicted molar refractivity (Wildman–Crippen MR) is 72.8 cm³/mol. The fraction of sp³-hybridized carbons (Fsp3) is 0.462. The Balaban J connectivity index is 2.96. The summed E-state index contributed by atoms with van der Waals surface area (Å²) >= 11 is 0. The van der Waals surface area contributed by atoms with Gasteiger partial charge >= 0.3 is 0 Å². The minimum Gasteiger partial charge on any atom is -0.493 e. The van der Waals surface area contributed by atoms with Gasteiger partial charge in [0.1, 0.15) is 0 Å². The third-order valence-electron chi connectivity index (χ3n) is 2.59. The third-order valence-corrected chi connectivity index (χ3v) is 2.59. The summed E-state index contributed by atoms with van der Waals surface area (Å²) in [5, 5.41) is 2.79. The van der Waals surface area contributed by atoms with E-state index in [1.165, 1.54) is 14.2 Å². The Morgan fingerprint density at radius 2 is 1.84 bits per heavy atom. The number of anilines is 1. The van der Waals surface area contributed by atoms with Crippen molar-refractivity contribution < 1.29 is 19.0 Å². The number of hydrogen-bond acceptors (Lipinski definition) is 5. The molecule has 6 heteroatoms. The largest absolute Gasteiger partial charge is 0.493 e. The van der Waals surface area contributed by atoms with Crippen molar-refractivity contribution in [2.75, 3.05) is 33.7 Å². The van der Waals surface area contributed by atoms with Gasteiger partial charge in [0.15, 0.2) is 11.5 Å². The molecule has 1 aromatic rings. The topological polar surface area (TPSA) is 82.8 Å². The quantitative estimate of drug-likeness (QED) is 0.753. The van der Waals surface area contributed by atoms with E-state index in [4.69, 9.17) is 19.9 Å². The van der Waals surface area contributed by atoms with Crippen LogP contribution in [-0.4, -0.2) is 39.9 Å². The van der Waals surface area contributed by atoms with Crippen LogP contribution in [0.4, 0.5) is 5.69 Å². The lowest BCUT2D eigenvalue weighted by Crippen LogP contribution is -2.36. The molecule has 0 radical (unpaired) electrons. The van der Waals surface area contributed by atoms with Gasteiger partial charge in [-0.2, -0.15) is 0 Å². The lowest BCUT2D eigenvalue weighted by Gasteiger charge is -2.15. The Hall–Kier alpha value is -1.95. The number of hydrogen-bond donors (Lipinski definition) is 2. The molecule has 6 nitrogen and oxygen atoms in total. The molecule has 0 saturated heterocycles. The average Bonchev–Trinajstić information content (AvgIpc) is 2.38. The molecule has 0 saturated carbocycles. The zero-order valence-corrected chi connectivity index (χ0v) is 11.6. The van der Waals surface area contributed by atoms with Gasteiger partial charge in [-0.1, -0.05) is 0 Å². The number of nitrogens with one attached hydrogen (secondary N) is 1. The van der Waals surface area contributed by atoms with Crippen molar-refractivity contribution >= 4 is 11.6 Å². The molecule has 0 fully saturated rings. The lowest BCUT2D eigenvalue weighted by molar-refractivity contribution is 0.0906. The van der Waals surface area contributed by atoms with Gasteiger partial charge in [-0.05, 0) is 13.0 Å². The predicted octanol–water partition coefficient (Wildman–Crippen LogP) is 1.05. The molecule has 1 rings (SSSR count). The number of carbonyl (C=O) groups excluding carboxylic acids is 1. The van der Waals surface area contributed by atoms with Crippen molar-refractivity contribution in [1.29, 1.82) is 0 Å². The minimum atomic E-state index is -0.275. The number of carbonyl (C=O) groups is 1. The highest BCUT2D eigenvalue weighted by Gasteiger charge is 2.16. The lowest BCUT2D eigenvalue weighted by atomic mass is 10.1. The van der Waals surface area contributed by atoms with Gasteiger partial charge in [-0.15, -0.1) is 0 Å². The monoisotopic (exact) mass is 268 g/mol. The molecule has 0 aliphatic rings. The van der Waals surface area contributed by atoms with Crippen LogP contribution in [0.25, 0.3) is 0 Å². The summed E-state index contributed by atoms with van der Waals surface area (Å²) in [7, 11) is 4.59. The molecule has 0 aliphatic heterocycles. The maximum atomic E-state index is 12.1. The minimum absolute atomic E-state index is 0.106. The highest BCUT2D eigenvalue weighted by molar-refractivity contribution is 6.00. The van der Waals surface area contributed by atoms with Crippen molar-refractivity contribution in [3.63, 3.8) is 0 Å².